The van der Waals surface area contributed by atoms with Crippen molar-refractivity contribution in [1.29, 1.82) is 0 Å². The summed E-state index contributed by atoms with van der Waals surface area (Å²) in [6.07, 6.45) is 2.23. The van der Waals surface area contributed by atoms with Crippen LogP contribution in [-0.4, -0.2) is 6.85 Å². The van der Waals surface area contributed by atoms with Crippen LogP contribution < -0.4 is 25.7 Å². The van der Waals surface area contributed by atoms with Crippen LogP contribution >= 0.6 is 11.3 Å². The zero-order valence-corrected chi connectivity index (χ0v) is 54.5. The van der Waals surface area contributed by atoms with Gasteiger partial charge in [0.1, 0.15) is 16.8 Å². The van der Waals surface area contributed by atoms with Gasteiger partial charge in [-0.3, -0.25) is 0 Å². The fraction of sp³-hybridized carbons (Fsp3) is 0.300. The fourth-order valence-corrected chi connectivity index (χ4v) is 15.7. The molecule has 5 heterocycles. The highest BCUT2D eigenvalue weighted by Crippen LogP contribution is 2.56. The normalized spacial score (nSPS) is 15.6. The molecule has 0 unspecified atom stereocenters. The average Bonchev–Trinajstić information content (AvgIpc) is 1.64. The zero-order valence-electron chi connectivity index (χ0n) is 53.7. The van der Waals surface area contributed by atoms with Crippen molar-refractivity contribution in [1.82, 2.24) is 0 Å². The highest BCUT2D eigenvalue weighted by Gasteiger charge is 2.51. The number of nitrogens with zero attached hydrogens (tertiary/aromatic N) is 3. The van der Waals surface area contributed by atoms with Crippen LogP contribution in [0.15, 0.2) is 179 Å². The minimum Gasteiger partial charge on any atom is -0.466 e. The monoisotopic (exact) mass is 1160 g/mol. The van der Waals surface area contributed by atoms with E-state index in [0.717, 1.165) is 96.9 Å². The Hall–Kier alpha value is -8.00. The largest absolute Gasteiger partial charge is 0.466 e. The Balaban J connectivity index is 1.03. The van der Waals surface area contributed by atoms with Gasteiger partial charge in [-0.15, -0.1) is 11.3 Å². The summed E-state index contributed by atoms with van der Waals surface area (Å²) in [6, 6.07) is 65.3. The molecule has 9 aromatic carbocycles. The van der Waals surface area contributed by atoms with Crippen molar-refractivity contribution < 1.29 is 8.83 Å². The minimum absolute atomic E-state index is 0.0138. The lowest BCUT2D eigenvalue weighted by atomic mass is 9.45. The fourth-order valence-electron chi connectivity index (χ4n) is 14.6. The van der Waals surface area contributed by atoms with Crippen molar-refractivity contribution in [2.24, 2.45) is 0 Å². The number of thiophene rings is 1. The molecule has 3 aliphatic rings. The van der Waals surface area contributed by atoms with E-state index in [1.54, 1.807) is 0 Å². The van der Waals surface area contributed by atoms with Gasteiger partial charge in [-0.05, 0) is 187 Å². The first-order chi connectivity index (χ1) is 41.1. The van der Waals surface area contributed by atoms with Crippen molar-refractivity contribution in [3.05, 3.63) is 203 Å². The lowest BCUT2D eigenvalue weighted by Gasteiger charge is -2.44. The maximum absolute atomic E-state index is 7.79. The van der Waals surface area contributed by atoms with Crippen LogP contribution in [-0.2, 0) is 32.5 Å². The second-order valence-corrected chi connectivity index (χ2v) is 32.0. The van der Waals surface area contributed by atoms with Gasteiger partial charge < -0.3 is 23.4 Å². The molecule has 0 fully saturated rings. The summed E-state index contributed by atoms with van der Waals surface area (Å²) >= 11 is 1.89. The van der Waals surface area contributed by atoms with Crippen LogP contribution in [0.1, 0.15) is 157 Å². The quantitative estimate of drug-likeness (QED) is 0.161. The molecule has 0 radical (unpaired) electrons. The van der Waals surface area contributed by atoms with Gasteiger partial charge in [-0.25, -0.2) is 0 Å². The first-order valence-corrected chi connectivity index (χ1v) is 32.4. The highest BCUT2D eigenvalue weighted by atomic mass is 32.1. The van der Waals surface area contributed by atoms with Crippen molar-refractivity contribution in [2.75, 3.05) is 14.6 Å². The molecular weight excluding hydrogens is 1080 g/mol. The van der Waals surface area contributed by atoms with E-state index in [1.807, 2.05) is 11.3 Å². The summed E-state index contributed by atoms with van der Waals surface area (Å²) in [5.41, 5.74) is 24.0. The van der Waals surface area contributed by atoms with E-state index in [1.165, 1.54) is 70.1 Å². The second kappa shape index (κ2) is 18.8. The van der Waals surface area contributed by atoms with Crippen molar-refractivity contribution >= 4 is 128 Å². The minimum atomic E-state index is -0.368. The number of benzene rings is 9. The van der Waals surface area contributed by atoms with E-state index in [-0.39, 0.29) is 39.3 Å². The number of rotatable bonds is 5. The SMILES string of the molecule is CC(C)(C)c1ccc(N2B3c4oc5cc6c(cc5c4N(c4ccc(C(C)(C)C)cc4)c4c3c(cc3c4oc4ccccc43)-c3cc4c(cc32)sc2cc(N(c3ccc(C(C)(C)C)cc3)c3ccc(C(C)(C)C)cc3)ccc24)C(C)(C)CCC6(C)C)cc1. The molecular formula is C80H80BN3O2S. The maximum atomic E-state index is 7.79. The maximum Gasteiger partial charge on any atom is 0.376 e. The number of hydrogen-bond donors (Lipinski definition) is 0. The van der Waals surface area contributed by atoms with Gasteiger partial charge in [0.25, 0.3) is 0 Å². The molecule has 0 N–H and O–H groups in total. The summed E-state index contributed by atoms with van der Waals surface area (Å²) in [5.74, 6) is 0. The Morgan fingerprint density at radius 1 is 0.437 bits per heavy atom. The predicted octanol–water partition coefficient (Wildman–Crippen LogP) is 22.4. The third-order valence-electron chi connectivity index (χ3n) is 19.9. The molecule has 1 aliphatic carbocycles. The molecule has 12 aromatic rings. The molecule has 0 bridgehead atoms. The Morgan fingerprint density at radius 3 is 1.52 bits per heavy atom. The molecule has 0 amide bonds. The van der Waals surface area contributed by atoms with Crippen molar-refractivity contribution in [3.63, 3.8) is 0 Å². The molecule has 0 atom stereocenters. The highest BCUT2D eigenvalue weighted by molar-refractivity contribution is 7.26. The van der Waals surface area contributed by atoms with Crippen molar-refractivity contribution in [3.8, 4) is 11.1 Å². The molecule has 87 heavy (non-hydrogen) atoms. The first kappa shape index (κ1) is 55.6. The van der Waals surface area contributed by atoms with Crippen molar-refractivity contribution in [2.45, 2.75) is 156 Å². The van der Waals surface area contributed by atoms with Gasteiger partial charge in [0, 0.05) is 76.0 Å². The Morgan fingerprint density at radius 2 is 0.943 bits per heavy atom. The number of para-hydroxylation sites is 1. The smallest absolute Gasteiger partial charge is 0.376 e. The molecule has 7 heteroatoms. The summed E-state index contributed by atoms with van der Waals surface area (Å²) in [7, 11) is 0. The predicted molar refractivity (Wildman–Crippen MR) is 375 cm³/mol. The van der Waals surface area contributed by atoms with Gasteiger partial charge >= 0.3 is 6.85 Å². The summed E-state index contributed by atoms with van der Waals surface area (Å²) < 4.78 is 17.6. The van der Waals surface area contributed by atoms with Crippen LogP contribution in [0.2, 0.25) is 0 Å². The van der Waals surface area contributed by atoms with Gasteiger partial charge in [-0.1, -0.05) is 184 Å². The Labute approximate surface area is 518 Å². The van der Waals surface area contributed by atoms with Gasteiger partial charge in [0.15, 0.2) is 5.58 Å². The van der Waals surface area contributed by atoms with Gasteiger partial charge in [-0.2, -0.15) is 0 Å². The molecule has 0 saturated heterocycles. The molecule has 0 spiro atoms. The number of anilines is 8. The first-order valence-electron chi connectivity index (χ1n) is 31.5. The molecule has 15 rings (SSSR count). The molecule has 5 nitrogen and oxygen atoms in total. The third kappa shape index (κ3) is 8.74. The Kier molecular flexibility index (Phi) is 12.0. The van der Waals surface area contributed by atoms with E-state index in [9.17, 15) is 0 Å². The number of fused-ring (bicyclic) bond motifs is 14. The summed E-state index contributed by atoms with van der Waals surface area (Å²) in [5, 5.41) is 5.83. The molecule has 0 saturated carbocycles. The molecule has 436 valence electrons. The van der Waals surface area contributed by atoms with Gasteiger partial charge in [0.2, 0.25) is 0 Å². The molecule has 3 aromatic heterocycles. The lowest BCUT2D eigenvalue weighted by molar-refractivity contribution is 0.332. The number of hydrogen-bond acceptors (Lipinski definition) is 6. The molecule has 2 aliphatic heterocycles. The number of furan rings is 2. The van der Waals surface area contributed by atoms with E-state index in [2.05, 4.69) is 295 Å². The topological polar surface area (TPSA) is 36.0 Å². The van der Waals surface area contributed by atoms with E-state index < -0.39 is 0 Å². The Bertz CT molecular complexity index is 4720. The van der Waals surface area contributed by atoms with Crippen LogP contribution in [0.5, 0.6) is 0 Å². The van der Waals surface area contributed by atoms with Crippen LogP contribution in [0.3, 0.4) is 0 Å². The van der Waals surface area contributed by atoms with Crippen LogP contribution in [0.4, 0.5) is 45.5 Å². The van der Waals surface area contributed by atoms with E-state index in [0.29, 0.717) is 0 Å². The standard InChI is InChI=1S/C80H80BN3O2S/c1-75(2,3)47-21-29-51(30-22-47)82(52-31-23-48(24-32-52)76(4,5)6)55-37-38-57-59-42-58-60-43-61-56-19-17-18-20-66(56)85-73(61)72-70(60)81(84(65(58)46-69(59)87-68(57)41-55)54-35-27-50(28-36-54)78(10,11)12)74-71(83(72)53-33-25-49(26-34-53)77(7,8)9)62-44-63-64(45-67(62)86-74)80(15,16)40-39-79(63,13)14/h17-38,41-46H,39-40H2,1-16H3. The van der Waals surface area contributed by atoms with E-state index >= 15 is 0 Å². The van der Waals surface area contributed by atoms with Crippen LogP contribution in [0.25, 0.3) is 64.2 Å². The average molecular weight is 1160 g/mol. The lowest BCUT2D eigenvalue weighted by Crippen LogP contribution is -2.61. The summed E-state index contributed by atoms with van der Waals surface area (Å²) in [4.78, 5) is 7.59. The van der Waals surface area contributed by atoms with E-state index in [4.69, 9.17) is 8.83 Å². The summed E-state index contributed by atoms with van der Waals surface area (Å²) in [6.45, 7) is 36.9. The third-order valence-corrected chi connectivity index (χ3v) is 21.1. The van der Waals surface area contributed by atoms with Gasteiger partial charge in [0.05, 0.1) is 11.4 Å². The van der Waals surface area contributed by atoms with Crippen LogP contribution in [0, 0.1) is 0 Å². The second-order valence-electron chi connectivity index (χ2n) is 30.9. The zero-order chi connectivity index (χ0) is 60.8.